The van der Waals surface area contributed by atoms with Crippen LogP contribution in [0, 0.1) is 6.92 Å². The molecular weight excluding hydrogens is 236 g/mol. The maximum atomic E-state index is 4.52. The monoisotopic (exact) mass is 262 g/mol. The number of nitrogens with one attached hydrogen (secondary N) is 1. The van der Waals surface area contributed by atoms with Crippen molar-refractivity contribution >= 4 is 0 Å². The topological polar surface area (TPSA) is 33.1 Å². The molecule has 2 unspecified atom stereocenters. The third-order valence-electron chi connectivity index (χ3n) is 4.69. The van der Waals surface area contributed by atoms with E-state index < -0.39 is 0 Å². The van der Waals surface area contributed by atoms with Crippen molar-refractivity contribution < 1.29 is 0 Å². The summed E-state index contributed by atoms with van der Waals surface area (Å²) in [5.41, 5.74) is 2.46. The van der Waals surface area contributed by atoms with E-state index in [4.69, 9.17) is 0 Å². The van der Waals surface area contributed by atoms with Crippen LogP contribution in [0.1, 0.15) is 44.0 Å². The van der Waals surface area contributed by atoms with Crippen molar-refractivity contribution in [2.75, 3.05) is 13.1 Å². The molecule has 19 heavy (non-hydrogen) atoms. The molecule has 1 aromatic heterocycles. The summed E-state index contributed by atoms with van der Waals surface area (Å²) >= 11 is 0. The van der Waals surface area contributed by atoms with E-state index in [1.54, 1.807) is 0 Å². The fourth-order valence-corrected chi connectivity index (χ4v) is 3.74. The Morgan fingerprint density at radius 1 is 1.32 bits per heavy atom. The normalized spacial score (nSPS) is 27.7. The summed E-state index contributed by atoms with van der Waals surface area (Å²) in [6, 6.07) is 3.68. The van der Waals surface area contributed by atoms with Gasteiger partial charge in [0, 0.05) is 31.7 Å². The Bertz CT molecular complexity index is 426. The van der Waals surface area contributed by atoms with Gasteiger partial charge in [-0.05, 0) is 45.7 Å². The third kappa shape index (κ3) is 2.70. The second-order valence-corrected chi connectivity index (χ2v) is 5.97. The van der Waals surface area contributed by atoms with Crippen molar-refractivity contribution in [2.45, 2.75) is 64.7 Å². The number of hydrogen-bond donors (Lipinski definition) is 1. The summed E-state index contributed by atoms with van der Waals surface area (Å²) in [4.78, 5) is 2.68. The summed E-state index contributed by atoms with van der Waals surface area (Å²) in [6.45, 7) is 8.76. The van der Waals surface area contributed by atoms with Gasteiger partial charge in [-0.3, -0.25) is 9.58 Å². The summed E-state index contributed by atoms with van der Waals surface area (Å²) < 4.78 is 2.12. The maximum absolute atomic E-state index is 4.52. The lowest BCUT2D eigenvalue weighted by Gasteiger charge is -2.32. The van der Waals surface area contributed by atoms with Crippen LogP contribution < -0.4 is 5.32 Å². The second-order valence-electron chi connectivity index (χ2n) is 5.97. The number of aryl methyl sites for hydroxylation is 2. The highest BCUT2D eigenvalue weighted by molar-refractivity contribution is 5.09. The Morgan fingerprint density at radius 3 is 3.05 bits per heavy atom. The van der Waals surface area contributed by atoms with E-state index in [0.29, 0.717) is 6.04 Å². The van der Waals surface area contributed by atoms with Crippen molar-refractivity contribution in [2.24, 2.45) is 0 Å². The molecule has 2 fully saturated rings. The van der Waals surface area contributed by atoms with Gasteiger partial charge in [0.25, 0.3) is 0 Å². The largest absolute Gasteiger partial charge is 0.307 e. The van der Waals surface area contributed by atoms with E-state index in [-0.39, 0.29) is 0 Å². The van der Waals surface area contributed by atoms with E-state index in [2.05, 4.69) is 39.9 Å². The van der Waals surface area contributed by atoms with Gasteiger partial charge in [0.15, 0.2) is 0 Å². The zero-order valence-electron chi connectivity index (χ0n) is 12.2. The van der Waals surface area contributed by atoms with Crippen LogP contribution in [-0.2, 0) is 13.1 Å². The van der Waals surface area contributed by atoms with Crippen LogP contribution in [0.15, 0.2) is 6.07 Å². The molecule has 0 spiro atoms. The van der Waals surface area contributed by atoms with Crippen molar-refractivity contribution in [3.63, 3.8) is 0 Å². The SMILES string of the molecule is CCn1nc(C)cc1CNC1CCN2CCCCC12. The number of piperidine rings is 1. The van der Waals surface area contributed by atoms with Crippen LogP contribution >= 0.6 is 0 Å². The van der Waals surface area contributed by atoms with Crippen molar-refractivity contribution in [1.82, 2.24) is 20.0 Å². The smallest absolute Gasteiger partial charge is 0.0597 e. The predicted octanol–water partition coefficient (Wildman–Crippen LogP) is 1.93. The van der Waals surface area contributed by atoms with Crippen molar-refractivity contribution in [3.8, 4) is 0 Å². The molecule has 0 radical (unpaired) electrons. The number of hydrogen-bond acceptors (Lipinski definition) is 3. The first kappa shape index (κ1) is 13.1. The summed E-state index contributed by atoms with van der Waals surface area (Å²) in [7, 11) is 0. The molecule has 4 heteroatoms. The predicted molar refractivity (Wildman–Crippen MR) is 77.1 cm³/mol. The van der Waals surface area contributed by atoms with Gasteiger partial charge < -0.3 is 5.32 Å². The highest BCUT2D eigenvalue weighted by Gasteiger charge is 2.34. The molecule has 0 amide bonds. The zero-order valence-corrected chi connectivity index (χ0v) is 12.2. The van der Waals surface area contributed by atoms with Crippen LogP contribution in [0.4, 0.5) is 0 Å². The first-order valence-corrected chi connectivity index (χ1v) is 7.78. The number of fused-ring (bicyclic) bond motifs is 1. The molecule has 0 aromatic carbocycles. The summed E-state index contributed by atoms with van der Waals surface area (Å²) in [5, 5.41) is 8.30. The van der Waals surface area contributed by atoms with E-state index in [1.807, 2.05) is 0 Å². The molecule has 4 nitrogen and oxygen atoms in total. The van der Waals surface area contributed by atoms with Crippen LogP contribution in [0.25, 0.3) is 0 Å². The molecule has 2 aliphatic heterocycles. The average Bonchev–Trinajstić information content (AvgIpc) is 2.99. The number of aromatic nitrogens is 2. The lowest BCUT2D eigenvalue weighted by molar-refractivity contribution is 0.180. The standard InChI is InChI=1S/C15H26N4/c1-3-19-13(10-12(2)17-19)11-16-14-7-9-18-8-5-4-6-15(14)18/h10,14-16H,3-9,11H2,1-2H3. The second kappa shape index (κ2) is 5.63. The molecular formula is C15H26N4. The van der Waals surface area contributed by atoms with E-state index >= 15 is 0 Å². The Labute approximate surface area is 116 Å². The first-order valence-electron chi connectivity index (χ1n) is 7.78. The highest BCUT2D eigenvalue weighted by Crippen LogP contribution is 2.27. The summed E-state index contributed by atoms with van der Waals surface area (Å²) in [5.74, 6) is 0. The lowest BCUT2D eigenvalue weighted by atomic mass is 9.99. The Hall–Kier alpha value is -0.870. The first-order chi connectivity index (χ1) is 9.28. The Balaban J connectivity index is 1.60. The molecule has 2 atom stereocenters. The number of nitrogens with zero attached hydrogens (tertiary/aromatic N) is 3. The fraction of sp³-hybridized carbons (Fsp3) is 0.800. The van der Waals surface area contributed by atoms with Gasteiger partial charge in [0.1, 0.15) is 0 Å². The van der Waals surface area contributed by atoms with Crippen LogP contribution in [0.3, 0.4) is 0 Å². The Kier molecular flexibility index (Phi) is 3.89. The lowest BCUT2D eigenvalue weighted by Crippen LogP contribution is -2.44. The van der Waals surface area contributed by atoms with Gasteiger partial charge in [0.05, 0.1) is 11.4 Å². The number of rotatable bonds is 4. The average molecular weight is 262 g/mol. The minimum atomic E-state index is 0.681. The Morgan fingerprint density at radius 2 is 2.21 bits per heavy atom. The molecule has 3 heterocycles. The van der Waals surface area contributed by atoms with Gasteiger partial charge in [-0.2, -0.15) is 5.10 Å². The van der Waals surface area contributed by atoms with Crippen LogP contribution in [-0.4, -0.2) is 39.9 Å². The van der Waals surface area contributed by atoms with E-state index in [9.17, 15) is 0 Å². The van der Waals surface area contributed by atoms with Crippen LogP contribution in [0.2, 0.25) is 0 Å². The highest BCUT2D eigenvalue weighted by atomic mass is 15.3. The molecule has 1 aromatic rings. The van der Waals surface area contributed by atoms with Gasteiger partial charge in [0.2, 0.25) is 0 Å². The molecule has 106 valence electrons. The molecule has 2 saturated heterocycles. The van der Waals surface area contributed by atoms with Gasteiger partial charge in [-0.15, -0.1) is 0 Å². The van der Waals surface area contributed by atoms with Crippen molar-refractivity contribution in [3.05, 3.63) is 17.5 Å². The van der Waals surface area contributed by atoms with Crippen LogP contribution in [0.5, 0.6) is 0 Å². The van der Waals surface area contributed by atoms with Crippen molar-refractivity contribution in [1.29, 1.82) is 0 Å². The molecule has 2 aliphatic rings. The van der Waals surface area contributed by atoms with Gasteiger partial charge >= 0.3 is 0 Å². The zero-order chi connectivity index (χ0) is 13.2. The molecule has 0 aliphatic carbocycles. The molecule has 3 rings (SSSR count). The quantitative estimate of drug-likeness (QED) is 0.900. The summed E-state index contributed by atoms with van der Waals surface area (Å²) in [6.07, 6.45) is 5.49. The third-order valence-corrected chi connectivity index (χ3v) is 4.69. The van der Waals surface area contributed by atoms with Gasteiger partial charge in [-0.25, -0.2) is 0 Å². The molecule has 1 N–H and O–H groups in total. The minimum absolute atomic E-state index is 0.681. The van der Waals surface area contributed by atoms with Gasteiger partial charge in [-0.1, -0.05) is 6.42 Å². The fourth-order valence-electron chi connectivity index (χ4n) is 3.74. The molecule has 0 bridgehead atoms. The maximum Gasteiger partial charge on any atom is 0.0597 e. The molecule has 0 saturated carbocycles. The van der Waals surface area contributed by atoms with E-state index in [0.717, 1.165) is 24.8 Å². The minimum Gasteiger partial charge on any atom is -0.307 e. The van der Waals surface area contributed by atoms with E-state index in [1.165, 1.54) is 44.5 Å².